The van der Waals surface area contributed by atoms with Gasteiger partial charge in [-0.2, -0.15) is 5.10 Å². The quantitative estimate of drug-likeness (QED) is 0.843. The fraction of sp³-hybridized carbons (Fsp3) is 0.333. The summed E-state index contributed by atoms with van der Waals surface area (Å²) in [7, 11) is 0. The van der Waals surface area contributed by atoms with Gasteiger partial charge in [0.25, 0.3) is 0 Å². The van der Waals surface area contributed by atoms with Crippen LogP contribution in [0.15, 0.2) is 24.4 Å². The average molecular weight is 323 g/mol. The van der Waals surface area contributed by atoms with Crippen LogP contribution in [0.4, 0.5) is 5.69 Å². The summed E-state index contributed by atoms with van der Waals surface area (Å²) in [6.45, 7) is 7.62. The highest BCUT2D eigenvalue weighted by Gasteiger charge is 2.07. The molecular formula is C15H19ClN4S. The first-order valence-corrected chi connectivity index (χ1v) is 7.62. The van der Waals surface area contributed by atoms with Crippen molar-refractivity contribution >= 4 is 34.6 Å². The summed E-state index contributed by atoms with van der Waals surface area (Å²) >= 11 is 11.4. The predicted octanol–water partition coefficient (Wildman–Crippen LogP) is 3.66. The van der Waals surface area contributed by atoms with Gasteiger partial charge in [0.15, 0.2) is 5.11 Å². The molecule has 0 bridgehead atoms. The van der Waals surface area contributed by atoms with Crippen LogP contribution in [0.25, 0.3) is 0 Å². The molecular weight excluding hydrogens is 304 g/mol. The Labute approximate surface area is 135 Å². The molecule has 6 heteroatoms. The molecule has 0 atom stereocenters. The van der Waals surface area contributed by atoms with Crippen molar-refractivity contribution in [2.75, 3.05) is 5.32 Å². The Hall–Kier alpha value is -1.59. The van der Waals surface area contributed by atoms with Crippen LogP contribution in [0.2, 0.25) is 5.02 Å². The number of rotatable bonds is 4. The van der Waals surface area contributed by atoms with E-state index in [1.54, 1.807) is 0 Å². The first-order valence-electron chi connectivity index (χ1n) is 6.84. The molecule has 1 aromatic heterocycles. The standard InChI is InChI=1S/C15H19ClN4S/c1-4-20-11(3)12(9-18-20)8-17-15(21)19-14-7-5-6-13(16)10(14)2/h5-7,9H,4,8H2,1-3H3,(H2,17,19,21). The molecule has 2 aromatic rings. The minimum absolute atomic E-state index is 0.573. The van der Waals surface area contributed by atoms with Crippen LogP contribution < -0.4 is 10.6 Å². The maximum atomic E-state index is 6.10. The van der Waals surface area contributed by atoms with Gasteiger partial charge in [0, 0.05) is 35.1 Å². The molecule has 0 amide bonds. The van der Waals surface area contributed by atoms with Crippen LogP contribution in [0.5, 0.6) is 0 Å². The van der Waals surface area contributed by atoms with Crippen LogP contribution in [-0.2, 0) is 13.1 Å². The predicted molar refractivity (Wildman–Crippen MR) is 91.9 cm³/mol. The highest BCUT2D eigenvalue weighted by atomic mass is 35.5. The topological polar surface area (TPSA) is 41.9 Å². The first-order chi connectivity index (χ1) is 10.0. The van der Waals surface area contributed by atoms with Gasteiger partial charge in [-0.05, 0) is 50.7 Å². The number of hydrogen-bond acceptors (Lipinski definition) is 2. The molecule has 112 valence electrons. The number of aryl methyl sites for hydroxylation is 1. The number of benzene rings is 1. The Morgan fingerprint density at radius 2 is 2.14 bits per heavy atom. The third-order valence-electron chi connectivity index (χ3n) is 3.46. The normalized spacial score (nSPS) is 10.5. The first kappa shape index (κ1) is 15.8. The fourth-order valence-corrected chi connectivity index (χ4v) is 2.42. The van der Waals surface area contributed by atoms with Crippen molar-refractivity contribution < 1.29 is 0 Å². The molecule has 0 radical (unpaired) electrons. The molecule has 1 aromatic carbocycles. The molecule has 4 nitrogen and oxygen atoms in total. The Morgan fingerprint density at radius 3 is 2.81 bits per heavy atom. The third-order valence-corrected chi connectivity index (χ3v) is 4.12. The highest BCUT2D eigenvalue weighted by molar-refractivity contribution is 7.80. The van der Waals surface area contributed by atoms with Gasteiger partial charge in [0.1, 0.15) is 0 Å². The van der Waals surface area contributed by atoms with E-state index < -0.39 is 0 Å². The van der Waals surface area contributed by atoms with Gasteiger partial charge in [0.2, 0.25) is 0 Å². The lowest BCUT2D eigenvalue weighted by molar-refractivity contribution is 0.638. The van der Waals surface area contributed by atoms with E-state index in [0.29, 0.717) is 11.7 Å². The summed E-state index contributed by atoms with van der Waals surface area (Å²) < 4.78 is 1.97. The summed E-state index contributed by atoms with van der Waals surface area (Å²) in [5, 5.41) is 12.0. The molecule has 0 unspecified atom stereocenters. The smallest absolute Gasteiger partial charge is 0.171 e. The number of hydrogen-bond donors (Lipinski definition) is 2. The number of halogens is 1. The SMILES string of the molecule is CCn1ncc(CNC(=S)Nc2cccc(Cl)c2C)c1C. The molecule has 0 aliphatic heterocycles. The van der Waals surface area contributed by atoms with Crippen molar-refractivity contribution in [1.29, 1.82) is 0 Å². The Bertz CT molecular complexity index is 651. The maximum Gasteiger partial charge on any atom is 0.171 e. The second kappa shape index (κ2) is 6.91. The molecule has 0 aliphatic rings. The molecule has 1 heterocycles. The van der Waals surface area contributed by atoms with Crippen LogP contribution in [-0.4, -0.2) is 14.9 Å². The van der Waals surface area contributed by atoms with Gasteiger partial charge in [-0.1, -0.05) is 17.7 Å². The summed E-state index contributed by atoms with van der Waals surface area (Å²) in [5.74, 6) is 0. The van der Waals surface area contributed by atoms with E-state index in [-0.39, 0.29) is 0 Å². The number of aromatic nitrogens is 2. The van der Waals surface area contributed by atoms with E-state index in [2.05, 4.69) is 29.6 Å². The summed E-state index contributed by atoms with van der Waals surface area (Å²) in [6, 6.07) is 5.71. The van der Waals surface area contributed by atoms with E-state index in [1.807, 2.05) is 36.0 Å². The molecule has 0 saturated carbocycles. The van der Waals surface area contributed by atoms with E-state index in [1.165, 1.54) is 0 Å². The molecule has 21 heavy (non-hydrogen) atoms. The molecule has 2 N–H and O–H groups in total. The largest absolute Gasteiger partial charge is 0.358 e. The van der Waals surface area contributed by atoms with Crippen molar-refractivity contribution in [3.63, 3.8) is 0 Å². The zero-order valence-corrected chi connectivity index (χ0v) is 14.0. The number of nitrogens with zero attached hydrogens (tertiary/aromatic N) is 2. The van der Waals surface area contributed by atoms with Crippen molar-refractivity contribution in [3.8, 4) is 0 Å². The molecule has 2 rings (SSSR count). The van der Waals surface area contributed by atoms with E-state index in [9.17, 15) is 0 Å². The maximum absolute atomic E-state index is 6.10. The molecule has 0 spiro atoms. The van der Waals surface area contributed by atoms with Crippen LogP contribution in [0.3, 0.4) is 0 Å². The molecule has 0 saturated heterocycles. The lowest BCUT2D eigenvalue weighted by Crippen LogP contribution is -2.28. The zero-order valence-electron chi connectivity index (χ0n) is 12.4. The number of nitrogens with one attached hydrogen (secondary N) is 2. The third kappa shape index (κ3) is 3.74. The van der Waals surface area contributed by atoms with Gasteiger partial charge < -0.3 is 10.6 Å². The van der Waals surface area contributed by atoms with E-state index in [4.69, 9.17) is 23.8 Å². The fourth-order valence-electron chi connectivity index (χ4n) is 2.06. The lowest BCUT2D eigenvalue weighted by atomic mass is 10.2. The Morgan fingerprint density at radius 1 is 1.38 bits per heavy atom. The number of thiocarbonyl (C=S) groups is 1. The van der Waals surface area contributed by atoms with Crippen LogP contribution in [0, 0.1) is 13.8 Å². The Kier molecular flexibility index (Phi) is 5.20. The van der Waals surface area contributed by atoms with Gasteiger partial charge in [-0.3, -0.25) is 4.68 Å². The minimum atomic E-state index is 0.573. The minimum Gasteiger partial charge on any atom is -0.358 e. The van der Waals surface area contributed by atoms with Crippen molar-refractivity contribution in [2.24, 2.45) is 0 Å². The zero-order chi connectivity index (χ0) is 15.4. The van der Waals surface area contributed by atoms with Gasteiger partial charge in [0.05, 0.1) is 6.20 Å². The van der Waals surface area contributed by atoms with E-state index in [0.717, 1.165) is 34.1 Å². The average Bonchev–Trinajstić information content (AvgIpc) is 2.82. The second-order valence-corrected chi connectivity index (χ2v) is 5.61. The highest BCUT2D eigenvalue weighted by Crippen LogP contribution is 2.22. The van der Waals surface area contributed by atoms with Gasteiger partial charge >= 0.3 is 0 Å². The lowest BCUT2D eigenvalue weighted by Gasteiger charge is -2.13. The summed E-state index contributed by atoms with van der Waals surface area (Å²) in [4.78, 5) is 0. The Balaban J connectivity index is 1.96. The van der Waals surface area contributed by atoms with Gasteiger partial charge in [-0.15, -0.1) is 0 Å². The second-order valence-electron chi connectivity index (χ2n) is 4.79. The van der Waals surface area contributed by atoms with E-state index >= 15 is 0 Å². The van der Waals surface area contributed by atoms with Crippen LogP contribution >= 0.6 is 23.8 Å². The van der Waals surface area contributed by atoms with Gasteiger partial charge in [-0.25, -0.2) is 0 Å². The summed E-state index contributed by atoms with van der Waals surface area (Å²) in [6.07, 6.45) is 1.87. The van der Waals surface area contributed by atoms with Crippen molar-refractivity contribution in [1.82, 2.24) is 15.1 Å². The van der Waals surface area contributed by atoms with Crippen molar-refractivity contribution in [3.05, 3.63) is 46.2 Å². The van der Waals surface area contributed by atoms with Crippen LogP contribution in [0.1, 0.15) is 23.7 Å². The van der Waals surface area contributed by atoms with Crippen molar-refractivity contribution in [2.45, 2.75) is 33.9 Å². The monoisotopic (exact) mass is 322 g/mol. The number of anilines is 1. The summed E-state index contributed by atoms with van der Waals surface area (Å²) in [5.41, 5.74) is 4.20. The molecule has 0 fully saturated rings. The molecule has 0 aliphatic carbocycles.